The molecule has 0 radical (unpaired) electrons. The number of halogens is 1. The molecule has 0 aliphatic carbocycles. The van der Waals surface area contributed by atoms with Gasteiger partial charge in [-0.15, -0.1) is 0 Å². The molecule has 0 aliphatic rings. The summed E-state index contributed by atoms with van der Waals surface area (Å²) in [6.45, 7) is 3.87. The first kappa shape index (κ1) is 16.9. The van der Waals surface area contributed by atoms with Crippen LogP contribution in [0.1, 0.15) is 21.5 Å². The first-order valence-electron chi connectivity index (χ1n) is 7.68. The summed E-state index contributed by atoms with van der Waals surface area (Å²) in [4.78, 5) is 31.5. The minimum Gasteiger partial charge on any atom is -0.322 e. The maximum atomic E-state index is 12.4. The van der Waals surface area contributed by atoms with E-state index in [1.54, 1.807) is 24.3 Å². The number of benzene rings is 2. The Bertz CT molecular complexity index is 994. The van der Waals surface area contributed by atoms with Crippen molar-refractivity contribution < 1.29 is 4.79 Å². The van der Waals surface area contributed by atoms with Crippen LogP contribution in [0.4, 0.5) is 5.69 Å². The zero-order chi connectivity index (χ0) is 18.0. The number of aromatic amines is 1. The number of nitrogens with one attached hydrogen (secondary N) is 2. The Kier molecular flexibility index (Phi) is 4.67. The maximum absolute atomic E-state index is 12.4. The van der Waals surface area contributed by atoms with Gasteiger partial charge in [0, 0.05) is 22.5 Å². The summed E-state index contributed by atoms with van der Waals surface area (Å²) in [5.74, 6) is -0.118. The molecule has 5 nitrogen and oxygen atoms in total. The van der Waals surface area contributed by atoms with Crippen LogP contribution in [-0.4, -0.2) is 15.9 Å². The Morgan fingerprint density at radius 3 is 2.48 bits per heavy atom. The Balaban J connectivity index is 1.86. The summed E-state index contributed by atoms with van der Waals surface area (Å²) in [7, 11) is 0. The van der Waals surface area contributed by atoms with E-state index >= 15 is 0 Å². The van der Waals surface area contributed by atoms with Crippen LogP contribution in [-0.2, 0) is 0 Å². The van der Waals surface area contributed by atoms with Crippen molar-refractivity contribution in [2.45, 2.75) is 13.8 Å². The third-order valence-electron chi connectivity index (χ3n) is 3.79. The van der Waals surface area contributed by atoms with Crippen LogP contribution in [0.2, 0.25) is 5.02 Å². The molecule has 0 unspecified atom stereocenters. The van der Waals surface area contributed by atoms with Gasteiger partial charge in [-0.1, -0.05) is 29.3 Å². The highest BCUT2D eigenvalue weighted by atomic mass is 35.5. The molecule has 0 saturated carbocycles. The largest absolute Gasteiger partial charge is 0.322 e. The number of carbonyl (C=O) groups excluding carboxylic acids is 1. The topological polar surface area (TPSA) is 74.8 Å². The molecule has 1 amide bonds. The normalized spacial score (nSPS) is 10.5. The van der Waals surface area contributed by atoms with Crippen LogP contribution in [0.3, 0.4) is 0 Å². The standard InChI is InChI=1S/C19H16ClN3O2/c1-11-3-8-16(12(2)9-11)22-18(24)15-10-21-17(23-19(15)25)13-4-6-14(20)7-5-13/h3-10H,1-2H3,(H,22,24)(H,21,23,25). The van der Waals surface area contributed by atoms with Crippen molar-refractivity contribution in [2.24, 2.45) is 0 Å². The summed E-state index contributed by atoms with van der Waals surface area (Å²) >= 11 is 5.85. The number of amides is 1. The summed E-state index contributed by atoms with van der Waals surface area (Å²) < 4.78 is 0. The lowest BCUT2D eigenvalue weighted by atomic mass is 10.1. The fourth-order valence-electron chi connectivity index (χ4n) is 2.45. The second-order valence-corrected chi connectivity index (χ2v) is 6.19. The third kappa shape index (κ3) is 3.78. The molecule has 126 valence electrons. The van der Waals surface area contributed by atoms with E-state index in [-0.39, 0.29) is 5.56 Å². The molecule has 0 atom stereocenters. The quantitative estimate of drug-likeness (QED) is 0.748. The van der Waals surface area contributed by atoms with E-state index in [1.165, 1.54) is 6.20 Å². The van der Waals surface area contributed by atoms with Gasteiger partial charge in [-0.3, -0.25) is 9.59 Å². The lowest BCUT2D eigenvalue weighted by Gasteiger charge is -2.09. The molecule has 2 N–H and O–H groups in total. The van der Waals surface area contributed by atoms with Gasteiger partial charge in [0.15, 0.2) is 0 Å². The van der Waals surface area contributed by atoms with Crippen molar-refractivity contribution in [1.29, 1.82) is 0 Å². The molecule has 0 aliphatic heterocycles. The zero-order valence-corrected chi connectivity index (χ0v) is 14.5. The van der Waals surface area contributed by atoms with Crippen LogP contribution >= 0.6 is 11.6 Å². The van der Waals surface area contributed by atoms with E-state index in [1.807, 2.05) is 32.0 Å². The number of anilines is 1. The predicted molar refractivity (Wildman–Crippen MR) is 99.2 cm³/mol. The first-order valence-corrected chi connectivity index (χ1v) is 8.06. The van der Waals surface area contributed by atoms with Gasteiger partial charge in [0.25, 0.3) is 11.5 Å². The maximum Gasteiger partial charge on any atom is 0.264 e. The average Bonchev–Trinajstić information content (AvgIpc) is 2.58. The van der Waals surface area contributed by atoms with Crippen molar-refractivity contribution >= 4 is 23.2 Å². The summed E-state index contributed by atoms with van der Waals surface area (Å²) in [5, 5.41) is 3.34. The minimum atomic E-state index is -0.498. The lowest BCUT2D eigenvalue weighted by Crippen LogP contribution is -2.24. The molecule has 3 aromatic rings. The van der Waals surface area contributed by atoms with Crippen molar-refractivity contribution in [3.05, 3.63) is 80.7 Å². The Morgan fingerprint density at radius 2 is 1.84 bits per heavy atom. The number of rotatable bonds is 3. The smallest absolute Gasteiger partial charge is 0.264 e. The Morgan fingerprint density at radius 1 is 1.12 bits per heavy atom. The van der Waals surface area contributed by atoms with E-state index in [4.69, 9.17) is 11.6 Å². The van der Waals surface area contributed by atoms with Gasteiger partial charge in [-0.05, 0) is 49.7 Å². The van der Waals surface area contributed by atoms with Crippen LogP contribution in [0.5, 0.6) is 0 Å². The van der Waals surface area contributed by atoms with E-state index < -0.39 is 11.5 Å². The Hall–Kier alpha value is -2.92. The summed E-state index contributed by atoms with van der Waals surface area (Å²) in [6.07, 6.45) is 1.28. The van der Waals surface area contributed by atoms with Gasteiger partial charge >= 0.3 is 0 Å². The molecule has 3 rings (SSSR count). The highest BCUT2D eigenvalue weighted by molar-refractivity contribution is 6.30. The van der Waals surface area contributed by atoms with Crippen molar-refractivity contribution in [2.75, 3.05) is 5.32 Å². The van der Waals surface area contributed by atoms with Crippen molar-refractivity contribution in [3.63, 3.8) is 0 Å². The molecule has 25 heavy (non-hydrogen) atoms. The van der Waals surface area contributed by atoms with Crippen LogP contribution in [0.25, 0.3) is 11.4 Å². The van der Waals surface area contributed by atoms with Crippen molar-refractivity contribution in [1.82, 2.24) is 9.97 Å². The van der Waals surface area contributed by atoms with E-state index in [0.29, 0.717) is 22.1 Å². The van der Waals surface area contributed by atoms with E-state index in [0.717, 1.165) is 11.1 Å². The highest BCUT2D eigenvalue weighted by Crippen LogP contribution is 2.18. The first-order chi connectivity index (χ1) is 11.9. The van der Waals surface area contributed by atoms with E-state index in [9.17, 15) is 9.59 Å². The van der Waals surface area contributed by atoms with Gasteiger partial charge < -0.3 is 10.3 Å². The lowest BCUT2D eigenvalue weighted by molar-refractivity contribution is 0.102. The minimum absolute atomic E-state index is 0.0438. The average molecular weight is 354 g/mol. The molecule has 1 aromatic heterocycles. The Labute approximate surface area is 149 Å². The van der Waals surface area contributed by atoms with Gasteiger partial charge in [-0.2, -0.15) is 0 Å². The molecule has 0 spiro atoms. The van der Waals surface area contributed by atoms with Gasteiger partial charge in [-0.25, -0.2) is 4.98 Å². The molecular weight excluding hydrogens is 338 g/mol. The van der Waals surface area contributed by atoms with Gasteiger partial charge in [0.1, 0.15) is 11.4 Å². The fraction of sp³-hybridized carbons (Fsp3) is 0.105. The zero-order valence-electron chi connectivity index (χ0n) is 13.8. The number of carbonyl (C=O) groups is 1. The van der Waals surface area contributed by atoms with Crippen LogP contribution in [0, 0.1) is 13.8 Å². The number of nitrogens with zero attached hydrogens (tertiary/aromatic N) is 1. The van der Waals surface area contributed by atoms with Crippen LogP contribution < -0.4 is 10.9 Å². The number of hydrogen-bond donors (Lipinski definition) is 2. The summed E-state index contributed by atoms with van der Waals surface area (Å²) in [5.41, 5.74) is 2.86. The predicted octanol–water partition coefficient (Wildman–Crippen LogP) is 3.96. The number of aromatic nitrogens is 2. The molecule has 1 heterocycles. The third-order valence-corrected chi connectivity index (χ3v) is 4.04. The van der Waals surface area contributed by atoms with Gasteiger partial charge in [0.05, 0.1) is 0 Å². The molecule has 2 aromatic carbocycles. The van der Waals surface area contributed by atoms with Crippen LogP contribution in [0.15, 0.2) is 53.5 Å². The molecule has 6 heteroatoms. The monoisotopic (exact) mass is 353 g/mol. The summed E-state index contributed by atoms with van der Waals surface area (Å²) in [6, 6.07) is 12.6. The molecule has 0 fully saturated rings. The number of hydrogen-bond acceptors (Lipinski definition) is 3. The molecule has 0 saturated heterocycles. The number of H-pyrrole nitrogens is 1. The van der Waals surface area contributed by atoms with Gasteiger partial charge in [0.2, 0.25) is 0 Å². The second-order valence-electron chi connectivity index (χ2n) is 5.75. The second kappa shape index (κ2) is 6.91. The number of aryl methyl sites for hydroxylation is 2. The SMILES string of the molecule is Cc1ccc(NC(=O)c2cnc(-c3ccc(Cl)cc3)[nH]c2=O)c(C)c1. The highest BCUT2D eigenvalue weighted by Gasteiger charge is 2.14. The molecular formula is C19H16ClN3O2. The van der Waals surface area contributed by atoms with Crippen molar-refractivity contribution in [3.8, 4) is 11.4 Å². The fourth-order valence-corrected chi connectivity index (χ4v) is 2.58. The van der Waals surface area contributed by atoms with E-state index in [2.05, 4.69) is 15.3 Å². The molecule has 0 bridgehead atoms.